The maximum atomic E-state index is 14.1. The molecule has 0 aliphatic rings. The van der Waals surface area contributed by atoms with E-state index in [1.165, 1.54) is 11.0 Å². The number of anilines is 1. The van der Waals surface area contributed by atoms with Crippen molar-refractivity contribution in [3.8, 4) is 0 Å². The normalized spacial score (nSPS) is 12.0. The lowest BCUT2D eigenvalue weighted by Crippen LogP contribution is -2.53. The molecule has 0 aliphatic carbocycles. The lowest BCUT2D eigenvalue weighted by Gasteiger charge is -2.34. The number of benzene rings is 3. The van der Waals surface area contributed by atoms with Gasteiger partial charge in [-0.15, -0.1) is 0 Å². The van der Waals surface area contributed by atoms with E-state index in [-0.39, 0.29) is 18.9 Å². The minimum Gasteiger partial charge on any atom is -0.354 e. The zero-order valence-corrected chi connectivity index (χ0v) is 25.4. The Morgan fingerprint density at radius 1 is 1.00 bits per heavy atom. The SMILES string of the molecule is CCCNC(=O)[C@@H](Cc1ccccc1)N(Cc1cccc(Br)c1)C(=O)CN(c1cc(Cl)ccc1C)S(C)(=O)=O. The summed E-state index contributed by atoms with van der Waals surface area (Å²) in [5.41, 5.74) is 2.64. The monoisotopic (exact) mass is 633 g/mol. The highest BCUT2D eigenvalue weighted by atomic mass is 79.9. The third-order valence-corrected chi connectivity index (χ3v) is 8.04. The number of hydrogen-bond donors (Lipinski definition) is 1. The summed E-state index contributed by atoms with van der Waals surface area (Å²) in [7, 11) is -3.87. The van der Waals surface area contributed by atoms with Crippen LogP contribution in [-0.2, 0) is 32.6 Å². The van der Waals surface area contributed by atoms with Gasteiger partial charge in [0.15, 0.2) is 0 Å². The van der Waals surface area contributed by atoms with Crippen LogP contribution < -0.4 is 9.62 Å². The molecule has 0 saturated heterocycles. The number of halogens is 2. The first-order chi connectivity index (χ1) is 18.5. The summed E-state index contributed by atoms with van der Waals surface area (Å²) < 4.78 is 27.7. The lowest BCUT2D eigenvalue weighted by molar-refractivity contribution is -0.140. The smallest absolute Gasteiger partial charge is 0.244 e. The summed E-state index contributed by atoms with van der Waals surface area (Å²) in [5, 5.41) is 3.28. The Labute approximate surface area is 244 Å². The molecule has 10 heteroatoms. The largest absolute Gasteiger partial charge is 0.354 e. The van der Waals surface area contributed by atoms with Crippen LogP contribution in [0.15, 0.2) is 77.3 Å². The van der Waals surface area contributed by atoms with E-state index in [9.17, 15) is 18.0 Å². The topological polar surface area (TPSA) is 86.8 Å². The number of sulfonamides is 1. The average molecular weight is 635 g/mol. The van der Waals surface area contributed by atoms with Crippen molar-refractivity contribution in [2.45, 2.75) is 39.3 Å². The molecule has 0 heterocycles. The van der Waals surface area contributed by atoms with Crippen LogP contribution in [0.3, 0.4) is 0 Å². The molecule has 3 aromatic rings. The molecule has 0 unspecified atom stereocenters. The fraction of sp³-hybridized carbons (Fsp3) is 0.310. The predicted octanol–water partition coefficient (Wildman–Crippen LogP) is 5.34. The summed E-state index contributed by atoms with van der Waals surface area (Å²) in [6.45, 7) is 3.79. The molecule has 0 aliphatic heterocycles. The molecule has 2 amide bonds. The van der Waals surface area contributed by atoms with Gasteiger partial charge in [-0.2, -0.15) is 0 Å². The van der Waals surface area contributed by atoms with Gasteiger partial charge in [0.2, 0.25) is 21.8 Å². The number of hydrogen-bond acceptors (Lipinski definition) is 4. The Kier molecular flexibility index (Phi) is 11.0. The van der Waals surface area contributed by atoms with Crippen LogP contribution in [0.4, 0.5) is 5.69 Å². The van der Waals surface area contributed by atoms with E-state index in [4.69, 9.17) is 11.6 Å². The van der Waals surface area contributed by atoms with Crippen molar-refractivity contribution in [1.82, 2.24) is 10.2 Å². The molecule has 1 N–H and O–H groups in total. The van der Waals surface area contributed by atoms with Gasteiger partial charge in [-0.1, -0.05) is 83.0 Å². The summed E-state index contributed by atoms with van der Waals surface area (Å²) in [6.07, 6.45) is 2.05. The third kappa shape index (κ3) is 8.81. The van der Waals surface area contributed by atoms with Gasteiger partial charge in [0.05, 0.1) is 11.9 Å². The molecule has 0 saturated carbocycles. The predicted molar refractivity (Wildman–Crippen MR) is 160 cm³/mol. The Morgan fingerprint density at radius 2 is 1.69 bits per heavy atom. The van der Waals surface area contributed by atoms with Gasteiger partial charge in [0.25, 0.3) is 0 Å². The minimum atomic E-state index is -3.87. The number of aryl methyl sites for hydroxylation is 1. The number of carbonyl (C=O) groups is 2. The van der Waals surface area contributed by atoms with E-state index in [1.54, 1.807) is 19.1 Å². The number of carbonyl (C=O) groups excluding carboxylic acids is 2. The summed E-state index contributed by atoms with van der Waals surface area (Å²) >= 11 is 9.66. The second-order valence-corrected chi connectivity index (χ2v) is 12.6. The van der Waals surface area contributed by atoms with Crippen LogP contribution in [0.25, 0.3) is 0 Å². The highest BCUT2D eigenvalue weighted by Crippen LogP contribution is 2.27. The lowest BCUT2D eigenvalue weighted by atomic mass is 10.0. The number of nitrogens with one attached hydrogen (secondary N) is 1. The van der Waals surface area contributed by atoms with Crippen molar-refractivity contribution in [1.29, 1.82) is 0 Å². The quantitative estimate of drug-likeness (QED) is 0.291. The molecule has 3 aromatic carbocycles. The fourth-order valence-corrected chi connectivity index (χ4v) is 5.71. The highest BCUT2D eigenvalue weighted by molar-refractivity contribution is 9.10. The molecule has 0 radical (unpaired) electrons. The first-order valence-corrected chi connectivity index (χ1v) is 15.6. The first-order valence-electron chi connectivity index (χ1n) is 12.6. The highest BCUT2D eigenvalue weighted by Gasteiger charge is 2.33. The van der Waals surface area contributed by atoms with Crippen molar-refractivity contribution in [2.75, 3.05) is 23.7 Å². The Hall–Kier alpha value is -2.88. The van der Waals surface area contributed by atoms with E-state index >= 15 is 0 Å². The van der Waals surface area contributed by atoms with Crippen LogP contribution in [0.5, 0.6) is 0 Å². The average Bonchev–Trinajstić information content (AvgIpc) is 2.89. The number of nitrogens with zero attached hydrogens (tertiary/aromatic N) is 2. The molecule has 1 atom stereocenters. The molecule has 3 rings (SSSR count). The van der Waals surface area contributed by atoms with Crippen LogP contribution >= 0.6 is 27.5 Å². The van der Waals surface area contributed by atoms with E-state index in [1.807, 2.05) is 61.5 Å². The van der Waals surface area contributed by atoms with Crippen molar-refractivity contribution >= 4 is 55.1 Å². The summed E-state index contributed by atoms with van der Waals surface area (Å²) in [4.78, 5) is 29.0. The Bertz CT molecular complexity index is 1400. The maximum Gasteiger partial charge on any atom is 0.244 e. The van der Waals surface area contributed by atoms with E-state index < -0.39 is 28.5 Å². The van der Waals surface area contributed by atoms with Gasteiger partial charge < -0.3 is 10.2 Å². The molecule has 0 spiro atoms. The molecular formula is C29H33BrClN3O4S. The second-order valence-electron chi connectivity index (χ2n) is 9.35. The van der Waals surface area contributed by atoms with Crippen molar-refractivity contribution in [3.05, 3.63) is 99.0 Å². The van der Waals surface area contributed by atoms with Gasteiger partial charge in [-0.3, -0.25) is 13.9 Å². The van der Waals surface area contributed by atoms with Crippen molar-refractivity contribution < 1.29 is 18.0 Å². The molecule has 0 bridgehead atoms. The van der Waals surface area contributed by atoms with Crippen molar-refractivity contribution in [3.63, 3.8) is 0 Å². The Balaban J connectivity index is 2.07. The number of amides is 2. The minimum absolute atomic E-state index is 0.113. The zero-order valence-electron chi connectivity index (χ0n) is 22.2. The van der Waals surface area contributed by atoms with E-state index in [0.29, 0.717) is 22.8 Å². The van der Waals surface area contributed by atoms with Gasteiger partial charge in [-0.05, 0) is 54.3 Å². The second kappa shape index (κ2) is 14.0. The summed E-state index contributed by atoms with van der Waals surface area (Å²) in [5.74, 6) is -0.804. The molecule has 7 nitrogen and oxygen atoms in total. The first kappa shape index (κ1) is 30.7. The zero-order chi connectivity index (χ0) is 28.6. The van der Waals surface area contributed by atoms with Gasteiger partial charge >= 0.3 is 0 Å². The molecule has 0 aromatic heterocycles. The van der Waals surface area contributed by atoms with E-state index in [0.717, 1.165) is 32.6 Å². The van der Waals surface area contributed by atoms with Gasteiger partial charge in [0, 0.05) is 29.0 Å². The molecule has 39 heavy (non-hydrogen) atoms. The molecule has 0 fully saturated rings. The van der Waals surface area contributed by atoms with Gasteiger partial charge in [-0.25, -0.2) is 8.42 Å². The van der Waals surface area contributed by atoms with Crippen molar-refractivity contribution in [2.24, 2.45) is 0 Å². The van der Waals surface area contributed by atoms with E-state index in [2.05, 4.69) is 21.2 Å². The van der Waals surface area contributed by atoms with Crippen LogP contribution in [0.1, 0.15) is 30.0 Å². The summed E-state index contributed by atoms with van der Waals surface area (Å²) in [6, 6.07) is 20.9. The molecular weight excluding hydrogens is 602 g/mol. The van der Waals surface area contributed by atoms with Gasteiger partial charge in [0.1, 0.15) is 12.6 Å². The standard InChI is InChI=1S/C29H33BrClN3O4S/c1-4-15-32-29(36)27(17-22-9-6-5-7-10-22)33(19-23-11-8-12-24(30)16-23)28(35)20-34(39(3,37)38)26-18-25(31)14-13-21(26)2/h5-14,16,18,27H,4,15,17,19-20H2,1-3H3,(H,32,36)/t27-/m1/s1. The van der Waals surface area contributed by atoms with Crippen LogP contribution in [0.2, 0.25) is 5.02 Å². The maximum absolute atomic E-state index is 14.1. The fourth-order valence-electron chi connectivity index (χ4n) is 4.20. The third-order valence-electron chi connectivity index (χ3n) is 6.18. The van der Waals surface area contributed by atoms with Crippen LogP contribution in [0, 0.1) is 6.92 Å². The Morgan fingerprint density at radius 3 is 2.33 bits per heavy atom. The van der Waals surface area contributed by atoms with Crippen LogP contribution in [-0.4, -0.2) is 50.5 Å². The number of rotatable bonds is 12. The molecule has 208 valence electrons.